The summed E-state index contributed by atoms with van der Waals surface area (Å²) in [5, 5.41) is 0. The van der Waals surface area contributed by atoms with E-state index >= 15 is 0 Å². The zero-order chi connectivity index (χ0) is 7.33. The van der Waals surface area contributed by atoms with Crippen LogP contribution in [0.5, 0.6) is 0 Å². The van der Waals surface area contributed by atoms with Gasteiger partial charge < -0.3 is 0 Å². The van der Waals surface area contributed by atoms with Gasteiger partial charge in [-0.25, -0.2) is 4.79 Å². The second-order valence-corrected chi connectivity index (χ2v) is 7.63. The highest BCUT2D eigenvalue weighted by Gasteiger charge is 2.18. The van der Waals surface area contributed by atoms with Crippen LogP contribution in [0.25, 0.3) is 0 Å². The van der Waals surface area contributed by atoms with E-state index in [0.29, 0.717) is 0 Å². The normalized spacial score (nSPS) is 10.6. The fourth-order valence-corrected chi connectivity index (χ4v) is 1.79. The molecule has 0 aliphatic rings. The Kier molecular flexibility index (Phi) is 3.51. The summed E-state index contributed by atoms with van der Waals surface area (Å²) in [7, 11) is -1.25. The molecule has 0 saturated carbocycles. The van der Waals surface area contributed by atoms with Gasteiger partial charge in [0.2, 0.25) is 0 Å². The van der Waals surface area contributed by atoms with E-state index < -0.39 is 8.07 Å². The molecule has 0 saturated heterocycles. The summed E-state index contributed by atoms with van der Waals surface area (Å²) in [5.74, 6) is 1.90. The van der Waals surface area contributed by atoms with Gasteiger partial charge in [0.1, 0.15) is 5.94 Å². The van der Waals surface area contributed by atoms with Crippen molar-refractivity contribution in [3.63, 3.8) is 0 Å². The smallest absolute Gasteiger partial charge is 0.115 e. The maximum atomic E-state index is 9.99. The SMILES string of the molecule is CC[Si](C)(C=C=O)CC. The maximum absolute atomic E-state index is 9.99. The summed E-state index contributed by atoms with van der Waals surface area (Å²) >= 11 is 0. The van der Waals surface area contributed by atoms with Crippen molar-refractivity contribution in [2.75, 3.05) is 0 Å². The summed E-state index contributed by atoms with van der Waals surface area (Å²) in [6, 6.07) is 2.30. The van der Waals surface area contributed by atoms with Crippen LogP contribution in [0, 0.1) is 0 Å². The second kappa shape index (κ2) is 3.65. The summed E-state index contributed by atoms with van der Waals surface area (Å²) in [6.07, 6.45) is 0. The van der Waals surface area contributed by atoms with E-state index in [0.717, 1.165) is 12.1 Å². The highest BCUT2D eigenvalue weighted by Crippen LogP contribution is 2.13. The number of hydrogen-bond acceptors (Lipinski definition) is 1. The van der Waals surface area contributed by atoms with Crippen LogP contribution in [0.15, 0.2) is 5.70 Å². The van der Waals surface area contributed by atoms with E-state index in [9.17, 15) is 4.79 Å². The Labute approximate surface area is 57.8 Å². The first-order valence-corrected chi connectivity index (χ1v) is 6.39. The van der Waals surface area contributed by atoms with Gasteiger partial charge in [-0.2, -0.15) is 0 Å². The zero-order valence-corrected chi connectivity index (χ0v) is 7.40. The molecule has 0 atom stereocenters. The predicted octanol–water partition coefficient (Wildman–Crippen LogP) is 2.03. The van der Waals surface area contributed by atoms with Crippen LogP contribution >= 0.6 is 0 Å². The minimum atomic E-state index is -1.25. The molecule has 0 aromatic heterocycles. The lowest BCUT2D eigenvalue weighted by Gasteiger charge is -2.15. The van der Waals surface area contributed by atoms with Crippen LogP contribution in [0.2, 0.25) is 18.6 Å². The van der Waals surface area contributed by atoms with Gasteiger partial charge in [-0.05, 0) is 5.70 Å². The molecule has 0 heterocycles. The fraction of sp³-hybridized carbons (Fsp3) is 0.714. The highest BCUT2D eigenvalue weighted by atomic mass is 28.3. The molecule has 0 aliphatic heterocycles. The quantitative estimate of drug-likeness (QED) is 0.435. The summed E-state index contributed by atoms with van der Waals surface area (Å²) < 4.78 is 0. The van der Waals surface area contributed by atoms with Crippen molar-refractivity contribution in [1.29, 1.82) is 0 Å². The summed E-state index contributed by atoms with van der Waals surface area (Å²) in [4.78, 5) is 9.99. The molecule has 0 radical (unpaired) electrons. The van der Waals surface area contributed by atoms with Crippen molar-refractivity contribution in [3.05, 3.63) is 5.70 Å². The van der Waals surface area contributed by atoms with Crippen molar-refractivity contribution < 1.29 is 4.79 Å². The van der Waals surface area contributed by atoms with Gasteiger partial charge in [0, 0.05) is 0 Å². The Bertz CT molecular complexity index is 121. The first-order valence-electron chi connectivity index (χ1n) is 3.40. The Hall–Kier alpha value is -0.333. The predicted molar refractivity (Wildman–Crippen MR) is 42.8 cm³/mol. The Morgan fingerprint density at radius 3 is 2.00 bits per heavy atom. The maximum Gasteiger partial charge on any atom is 0.115 e. The van der Waals surface area contributed by atoms with Crippen molar-refractivity contribution in [3.8, 4) is 0 Å². The molecular formula is C7H14OSi. The first-order chi connectivity index (χ1) is 4.18. The third-order valence-corrected chi connectivity index (χ3v) is 6.07. The molecular weight excluding hydrogens is 128 g/mol. The molecule has 0 amide bonds. The van der Waals surface area contributed by atoms with Crippen molar-refractivity contribution in [2.45, 2.75) is 32.5 Å². The van der Waals surface area contributed by atoms with Crippen LogP contribution < -0.4 is 0 Å². The van der Waals surface area contributed by atoms with Crippen LogP contribution in [0.3, 0.4) is 0 Å². The highest BCUT2D eigenvalue weighted by molar-refractivity contribution is 6.84. The topological polar surface area (TPSA) is 17.1 Å². The van der Waals surface area contributed by atoms with Crippen molar-refractivity contribution >= 4 is 14.0 Å². The van der Waals surface area contributed by atoms with Gasteiger partial charge in [-0.1, -0.05) is 32.5 Å². The van der Waals surface area contributed by atoms with E-state index in [1.54, 1.807) is 5.70 Å². The number of rotatable bonds is 3. The third-order valence-electron chi connectivity index (χ3n) is 2.02. The molecule has 9 heavy (non-hydrogen) atoms. The third kappa shape index (κ3) is 2.63. The molecule has 0 aromatic rings. The van der Waals surface area contributed by atoms with Crippen molar-refractivity contribution in [2.24, 2.45) is 0 Å². The van der Waals surface area contributed by atoms with Crippen LogP contribution in [0.4, 0.5) is 0 Å². The van der Waals surface area contributed by atoms with Crippen LogP contribution in [-0.4, -0.2) is 14.0 Å². The van der Waals surface area contributed by atoms with Gasteiger partial charge in [0.25, 0.3) is 0 Å². The molecule has 2 heteroatoms. The molecule has 1 nitrogen and oxygen atoms in total. The van der Waals surface area contributed by atoms with Gasteiger partial charge in [0.15, 0.2) is 0 Å². The second-order valence-electron chi connectivity index (χ2n) is 2.62. The van der Waals surface area contributed by atoms with E-state index in [1.165, 1.54) is 0 Å². The first kappa shape index (κ1) is 8.67. The van der Waals surface area contributed by atoms with Gasteiger partial charge in [-0.15, -0.1) is 0 Å². The molecule has 0 aliphatic carbocycles. The summed E-state index contributed by atoms with van der Waals surface area (Å²) in [5.41, 5.74) is 1.76. The molecule has 0 rings (SSSR count). The fourth-order valence-electron chi connectivity index (χ4n) is 0.596. The lowest BCUT2D eigenvalue weighted by molar-refractivity contribution is 0.569. The average Bonchev–Trinajstić information content (AvgIpc) is 1.89. The molecule has 52 valence electrons. The number of hydrogen-bond donors (Lipinski definition) is 0. The van der Waals surface area contributed by atoms with Gasteiger partial charge in [-0.3, -0.25) is 0 Å². The lowest BCUT2D eigenvalue weighted by Crippen LogP contribution is -2.24. The minimum absolute atomic E-state index is 1.15. The molecule has 0 fully saturated rings. The minimum Gasteiger partial charge on any atom is -0.234 e. The number of carbonyl (C=O) groups excluding carboxylic acids is 1. The summed E-state index contributed by atoms with van der Waals surface area (Å²) in [6.45, 7) is 6.49. The molecule has 0 N–H and O–H groups in total. The molecule has 0 aromatic carbocycles. The standard InChI is InChI=1S/C7H14OSi/c1-4-9(3,5-2)7-6-8/h7H,4-5H2,1-3H3. The van der Waals surface area contributed by atoms with Crippen LogP contribution in [-0.2, 0) is 4.79 Å². The zero-order valence-electron chi connectivity index (χ0n) is 6.40. The monoisotopic (exact) mass is 142 g/mol. The van der Waals surface area contributed by atoms with E-state index in [4.69, 9.17) is 0 Å². The molecule has 0 unspecified atom stereocenters. The molecule has 0 bridgehead atoms. The van der Waals surface area contributed by atoms with E-state index in [1.807, 2.05) is 5.94 Å². The average molecular weight is 142 g/mol. The lowest BCUT2D eigenvalue weighted by atomic mass is 10.9. The van der Waals surface area contributed by atoms with Crippen LogP contribution in [0.1, 0.15) is 13.8 Å². The van der Waals surface area contributed by atoms with Gasteiger partial charge in [0.05, 0.1) is 8.07 Å². The largest absolute Gasteiger partial charge is 0.234 e. The Morgan fingerprint density at radius 1 is 1.44 bits per heavy atom. The van der Waals surface area contributed by atoms with Crippen molar-refractivity contribution in [1.82, 2.24) is 0 Å². The van der Waals surface area contributed by atoms with E-state index in [-0.39, 0.29) is 0 Å². The van der Waals surface area contributed by atoms with E-state index in [2.05, 4.69) is 20.4 Å². The van der Waals surface area contributed by atoms with Gasteiger partial charge >= 0.3 is 0 Å². The molecule has 0 spiro atoms. The Balaban J connectivity index is 4.08. The Morgan fingerprint density at radius 2 is 1.89 bits per heavy atom.